The van der Waals surface area contributed by atoms with Gasteiger partial charge in [0.2, 0.25) is 5.91 Å². The zero-order valence-corrected chi connectivity index (χ0v) is 12.7. The quantitative estimate of drug-likeness (QED) is 0.890. The largest absolute Gasteiger partial charge is 0.326 e. The van der Waals surface area contributed by atoms with Crippen LogP contribution in [0.2, 0.25) is 0 Å². The molecule has 114 valence electrons. The number of hydrogen-bond acceptors (Lipinski definition) is 2. The highest BCUT2D eigenvalue weighted by molar-refractivity contribution is 5.93. The fourth-order valence-electron chi connectivity index (χ4n) is 3.69. The SMILES string of the molecule is O=C(Nc1ccccc1C1CCCCC1)[C@H]1CCCNC1. The molecule has 1 saturated heterocycles. The minimum absolute atomic E-state index is 0.123. The lowest BCUT2D eigenvalue weighted by Gasteiger charge is -2.26. The van der Waals surface area contributed by atoms with Gasteiger partial charge in [0.1, 0.15) is 0 Å². The van der Waals surface area contributed by atoms with Crippen molar-refractivity contribution in [3.8, 4) is 0 Å². The number of carbonyl (C=O) groups excluding carboxylic acids is 1. The van der Waals surface area contributed by atoms with Gasteiger partial charge in [-0.25, -0.2) is 0 Å². The summed E-state index contributed by atoms with van der Waals surface area (Å²) in [7, 11) is 0. The molecule has 0 aromatic heterocycles. The van der Waals surface area contributed by atoms with Crippen LogP contribution in [0.3, 0.4) is 0 Å². The molecule has 2 fully saturated rings. The Morgan fingerprint density at radius 1 is 1.05 bits per heavy atom. The summed E-state index contributed by atoms with van der Waals surface area (Å²) in [6, 6.07) is 8.39. The number of rotatable bonds is 3. The summed E-state index contributed by atoms with van der Waals surface area (Å²) in [5.74, 6) is 0.934. The molecule has 1 aliphatic heterocycles. The van der Waals surface area contributed by atoms with Crippen molar-refractivity contribution in [2.24, 2.45) is 5.92 Å². The number of piperidine rings is 1. The predicted octanol–water partition coefficient (Wildman–Crippen LogP) is 3.67. The zero-order chi connectivity index (χ0) is 14.5. The van der Waals surface area contributed by atoms with E-state index in [4.69, 9.17) is 0 Å². The summed E-state index contributed by atoms with van der Waals surface area (Å²) in [5, 5.41) is 6.52. The van der Waals surface area contributed by atoms with Gasteiger partial charge >= 0.3 is 0 Å². The van der Waals surface area contributed by atoms with Crippen molar-refractivity contribution in [1.29, 1.82) is 0 Å². The van der Waals surface area contributed by atoms with Crippen LogP contribution in [0.4, 0.5) is 5.69 Å². The van der Waals surface area contributed by atoms with E-state index >= 15 is 0 Å². The van der Waals surface area contributed by atoms with Crippen molar-refractivity contribution in [3.05, 3.63) is 29.8 Å². The van der Waals surface area contributed by atoms with E-state index in [1.807, 2.05) is 6.07 Å². The summed E-state index contributed by atoms with van der Waals surface area (Å²) >= 11 is 0. The third kappa shape index (κ3) is 3.65. The van der Waals surface area contributed by atoms with Crippen LogP contribution < -0.4 is 10.6 Å². The number of hydrogen-bond donors (Lipinski definition) is 2. The molecular formula is C18H26N2O. The summed E-state index contributed by atoms with van der Waals surface area (Å²) < 4.78 is 0. The standard InChI is InChI=1S/C18H26N2O/c21-18(15-9-6-12-19-13-15)20-17-11-5-4-10-16(17)14-7-2-1-3-8-14/h4-5,10-11,14-15,19H,1-3,6-9,12-13H2,(H,20,21)/t15-/m0/s1. The third-order valence-electron chi connectivity index (χ3n) is 4.93. The van der Waals surface area contributed by atoms with Crippen LogP contribution in [0.15, 0.2) is 24.3 Å². The van der Waals surface area contributed by atoms with Crippen molar-refractivity contribution in [2.75, 3.05) is 18.4 Å². The number of para-hydroxylation sites is 1. The molecule has 1 saturated carbocycles. The maximum Gasteiger partial charge on any atom is 0.228 e. The number of nitrogens with one attached hydrogen (secondary N) is 2. The molecule has 0 unspecified atom stereocenters. The van der Waals surface area contributed by atoms with Gasteiger partial charge in [-0.3, -0.25) is 4.79 Å². The summed E-state index contributed by atoms with van der Waals surface area (Å²) in [6.07, 6.45) is 8.63. The van der Waals surface area contributed by atoms with Gasteiger partial charge in [0.15, 0.2) is 0 Å². The molecule has 1 amide bonds. The molecule has 0 bridgehead atoms. The Balaban J connectivity index is 1.70. The first-order valence-electron chi connectivity index (χ1n) is 8.45. The first-order chi connectivity index (χ1) is 10.3. The van der Waals surface area contributed by atoms with Crippen molar-refractivity contribution >= 4 is 11.6 Å². The Labute approximate surface area is 127 Å². The van der Waals surface area contributed by atoms with Crippen molar-refractivity contribution in [1.82, 2.24) is 5.32 Å². The minimum atomic E-state index is 0.123. The predicted molar refractivity (Wildman–Crippen MR) is 86.5 cm³/mol. The average Bonchev–Trinajstić information content (AvgIpc) is 2.57. The highest BCUT2D eigenvalue weighted by Gasteiger charge is 2.23. The van der Waals surface area contributed by atoms with Crippen molar-refractivity contribution < 1.29 is 4.79 Å². The van der Waals surface area contributed by atoms with Gasteiger partial charge in [-0.1, -0.05) is 37.5 Å². The molecule has 1 atom stereocenters. The zero-order valence-electron chi connectivity index (χ0n) is 12.7. The van der Waals surface area contributed by atoms with E-state index in [0.29, 0.717) is 5.92 Å². The number of benzene rings is 1. The van der Waals surface area contributed by atoms with E-state index in [-0.39, 0.29) is 11.8 Å². The molecule has 1 aliphatic carbocycles. The Hall–Kier alpha value is -1.35. The van der Waals surface area contributed by atoms with Gasteiger partial charge in [-0.2, -0.15) is 0 Å². The smallest absolute Gasteiger partial charge is 0.228 e. The average molecular weight is 286 g/mol. The molecule has 21 heavy (non-hydrogen) atoms. The van der Waals surface area contributed by atoms with Crippen LogP contribution in [-0.4, -0.2) is 19.0 Å². The van der Waals surface area contributed by atoms with Crippen LogP contribution in [0.25, 0.3) is 0 Å². The Kier molecular flexibility index (Phi) is 4.91. The Morgan fingerprint density at radius 2 is 1.86 bits per heavy atom. The Bertz CT molecular complexity index is 474. The first kappa shape index (κ1) is 14.6. The molecule has 3 nitrogen and oxygen atoms in total. The van der Waals surface area contributed by atoms with E-state index in [1.54, 1.807) is 0 Å². The fraction of sp³-hybridized carbons (Fsp3) is 0.611. The molecule has 2 aliphatic rings. The van der Waals surface area contributed by atoms with Crippen molar-refractivity contribution in [3.63, 3.8) is 0 Å². The minimum Gasteiger partial charge on any atom is -0.326 e. The fourth-order valence-corrected chi connectivity index (χ4v) is 3.69. The van der Waals surface area contributed by atoms with Crippen LogP contribution in [0.5, 0.6) is 0 Å². The summed E-state index contributed by atoms with van der Waals surface area (Å²) in [5.41, 5.74) is 2.38. The van der Waals surface area contributed by atoms with Gasteiger partial charge in [-0.15, -0.1) is 0 Å². The van der Waals surface area contributed by atoms with Crippen LogP contribution >= 0.6 is 0 Å². The molecule has 3 heteroatoms. The second-order valence-electron chi connectivity index (χ2n) is 6.45. The number of amides is 1. The molecule has 1 heterocycles. The van der Waals surface area contributed by atoms with Gasteiger partial charge in [0.05, 0.1) is 5.92 Å². The van der Waals surface area contributed by atoms with E-state index < -0.39 is 0 Å². The van der Waals surface area contributed by atoms with Crippen LogP contribution in [0, 0.1) is 5.92 Å². The number of carbonyl (C=O) groups is 1. The van der Waals surface area contributed by atoms with Gasteiger partial charge in [-0.05, 0) is 49.8 Å². The lowest BCUT2D eigenvalue weighted by atomic mass is 9.83. The van der Waals surface area contributed by atoms with E-state index in [9.17, 15) is 4.79 Å². The molecular weight excluding hydrogens is 260 g/mol. The van der Waals surface area contributed by atoms with Crippen LogP contribution in [-0.2, 0) is 4.79 Å². The molecule has 0 radical (unpaired) electrons. The van der Waals surface area contributed by atoms with Gasteiger partial charge < -0.3 is 10.6 Å². The summed E-state index contributed by atoms with van der Waals surface area (Å²) in [4.78, 5) is 12.5. The maximum absolute atomic E-state index is 12.5. The Morgan fingerprint density at radius 3 is 2.62 bits per heavy atom. The second kappa shape index (κ2) is 7.08. The molecule has 2 N–H and O–H groups in total. The molecule has 1 aromatic carbocycles. The molecule has 3 rings (SSSR count). The van der Waals surface area contributed by atoms with E-state index in [2.05, 4.69) is 28.8 Å². The normalized spacial score (nSPS) is 23.7. The first-order valence-corrected chi connectivity index (χ1v) is 8.45. The van der Waals surface area contributed by atoms with Gasteiger partial charge in [0, 0.05) is 12.2 Å². The maximum atomic E-state index is 12.5. The second-order valence-corrected chi connectivity index (χ2v) is 6.45. The molecule has 1 aromatic rings. The summed E-state index contributed by atoms with van der Waals surface area (Å²) in [6.45, 7) is 1.86. The lowest BCUT2D eigenvalue weighted by molar-refractivity contribution is -0.120. The highest BCUT2D eigenvalue weighted by atomic mass is 16.1. The highest BCUT2D eigenvalue weighted by Crippen LogP contribution is 2.36. The van der Waals surface area contributed by atoms with E-state index in [0.717, 1.165) is 31.6 Å². The number of anilines is 1. The molecule has 0 spiro atoms. The van der Waals surface area contributed by atoms with Crippen LogP contribution in [0.1, 0.15) is 56.4 Å². The lowest BCUT2D eigenvalue weighted by Crippen LogP contribution is -2.37. The van der Waals surface area contributed by atoms with Crippen molar-refractivity contribution in [2.45, 2.75) is 50.9 Å². The topological polar surface area (TPSA) is 41.1 Å². The third-order valence-corrected chi connectivity index (χ3v) is 4.93. The monoisotopic (exact) mass is 286 g/mol. The van der Waals surface area contributed by atoms with Gasteiger partial charge in [0.25, 0.3) is 0 Å². The van der Waals surface area contributed by atoms with E-state index in [1.165, 1.54) is 37.7 Å².